The highest BCUT2D eigenvalue weighted by Crippen LogP contribution is 2.17. The number of rotatable bonds is 3. The van der Waals surface area contributed by atoms with Gasteiger partial charge in [0.2, 0.25) is 11.8 Å². The van der Waals surface area contributed by atoms with Crippen molar-refractivity contribution < 1.29 is 9.59 Å². The number of aryl methyl sites for hydroxylation is 1. The van der Waals surface area contributed by atoms with Crippen molar-refractivity contribution in [3.63, 3.8) is 0 Å². The van der Waals surface area contributed by atoms with Crippen LogP contribution in [-0.2, 0) is 22.6 Å². The summed E-state index contributed by atoms with van der Waals surface area (Å²) in [6.45, 7) is 6.45. The van der Waals surface area contributed by atoms with Gasteiger partial charge < -0.3 is 10.2 Å². The van der Waals surface area contributed by atoms with Crippen molar-refractivity contribution in [3.05, 3.63) is 29.6 Å². The van der Waals surface area contributed by atoms with E-state index in [1.807, 2.05) is 12.1 Å². The Labute approximate surface area is 119 Å². The smallest absolute Gasteiger partial charge is 0.248 e. The minimum absolute atomic E-state index is 0.0592. The average Bonchev–Trinajstić information content (AvgIpc) is 2.50. The molecule has 0 atom stereocenters. The van der Waals surface area contributed by atoms with Gasteiger partial charge in [-0.2, -0.15) is 0 Å². The first-order valence-corrected chi connectivity index (χ1v) is 6.97. The molecule has 0 saturated carbocycles. The van der Waals surface area contributed by atoms with E-state index in [0.29, 0.717) is 19.5 Å². The number of hydrogen-bond acceptors (Lipinski definition) is 3. The molecule has 1 aliphatic rings. The first-order chi connectivity index (χ1) is 9.44. The molecule has 1 aromatic heterocycles. The molecular weight excluding hydrogens is 254 g/mol. The molecule has 0 spiro atoms. The predicted molar refractivity (Wildman–Crippen MR) is 75.9 cm³/mol. The Morgan fingerprint density at radius 1 is 1.40 bits per heavy atom. The third kappa shape index (κ3) is 2.98. The first-order valence-electron chi connectivity index (χ1n) is 6.97. The fourth-order valence-corrected chi connectivity index (χ4v) is 2.47. The van der Waals surface area contributed by atoms with Crippen LogP contribution < -0.4 is 5.32 Å². The van der Waals surface area contributed by atoms with E-state index in [1.165, 1.54) is 0 Å². The van der Waals surface area contributed by atoms with E-state index in [-0.39, 0.29) is 11.8 Å². The zero-order chi connectivity index (χ0) is 14.8. The van der Waals surface area contributed by atoms with Crippen molar-refractivity contribution in [1.29, 1.82) is 0 Å². The monoisotopic (exact) mass is 275 g/mol. The van der Waals surface area contributed by atoms with Crippen molar-refractivity contribution in [1.82, 2.24) is 15.2 Å². The van der Waals surface area contributed by atoms with Crippen LogP contribution in [0.2, 0.25) is 0 Å². The van der Waals surface area contributed by atoms with Gasteiger partial charge in [0.15, 0.2) is 0 Å². The number of nitrogens with zero attached hydrogens (tertiary/aromatic N) is 2. The first kappa shape index (κ1) is 14.5. The van der Waals surface area contributed by atoms with Gasteiger partial charge in [-0.3, -0.25) is 14.6 Å². The summed E-state index contributed by atoms with van der Waals surface area (Å²) in [5, 5.41) is 2.76. The summed E-state index contributed by atoms with van der Waals surface area (Å²) in [7, 11) is 0. The van der Waals surface area contributed by atoms with Crippen molar-refractivity contribution in [2.75, 3.05) is 6.54 Å². The van der Waals surface area contributed by atoms with Crippen LogP contribution in [0.4, 0.5) is 0 Å². The number of carbonyl (C=O) groups is 2. The molecule has 0 aromatic carbocycles. The van der Waals surface area contributed by atoms with E-state index in [4.69, 9.17) is 0 Å². The molecule has 0 radical (unpaired) electrons. The fraction of sp³-hybridized carbons (Fsp3) is 0.533. The Kier molecular flexibility index (Phi) is 4.06. The topological polar surface area (TPSA) is 62.3 Å². The third-order valence-electron chi connectivity index (χ3n) is 3.59. The van der Waals surface area contributed by atoms with E-state index in [9.17, 15) is 9.59 Å². The lowest BCUT2D eigenvalue weighted by Gasteiger charge is -2.29. The minimum atomic E-state index is -0.852. The van der Waals surface area contributed by atoms with Gasteiger partial charge in [0, 0.05) is 19.2 Å². The maximum Gasteiger partial charge on any atom is 0.248 e. The van der Waals surface area contributed by atoms with Crippen LogP contribution in [0.15, 0.2) is 18.3 Å². The van der Waals surface area contributed by atoms with Crippen LogP contribution >= 0.6 is 0 Å². The molecule has 2 heterocycles. The molecule has 1 saturated heterocycles. The minimum Gasteiger partial charge on any atom is -0.342 e. The summed E-state index contributed by atoms with van der Waals surface area (Å²) in [4.78, 5) is 30.3. The molecule has 0 aliphatic carbocycles. The summed E-state index contributed by atoms with van der Waals surface area (Å²) < 4.78 is 0. The number of hydrogen-bond donors (Lipinski definition) is 1. The maximum atomic E-state index is 12.5. The molecule has 0 unspecified atom stereocenters. The standard InChI is InChI=1S/C15H21N3O2/c1-4-11-6-5-8-16-12(11)10-18-9-7-13(19)17-15(2,3)14(18)20/h5-6,8H,4,7,9-10H2,1-3H3,(H,17,19). The summed E-state index contributed by atoms with van der Waals surface area (Å²) in [6.07, 6.45) is 2.96. The van der Waals surface area contributed by atoms with Gasteiger partial charge in [-0.25, -0.2) is 0 Å². The Morgan fingerprint density at radius 3 is 2.85 bits per heavy atom. The lowest BCUT2D eigenvalue weighted by Crippen LogP contribution is -2.52. The summed E-state index contributed by atoms with van der Waals surface area (Å²) in [6, 6.07) is 3.93. The Morgan fingerprint density at radius 2 is 2.15 bits per heavy atom. The number of carbonyl (C=O) groups excluding carboxylic acids is 2. The van der Waals surface area contributed by atoms with Gasteiger partial charge in [0.05, 0.1) is 12.2 Å². The van der Waals surface area contributed by atoms with E-state index < -0.39 is 5.54 Å². The van der Waals surface area contributed by atoms with Crippen LogP contribution in [0.3, 0.4) is 0 Å². The Bertz CT molecular complexity index is 526. The van der Waals surface area contributed by atoms with Crippen molar-refractivity contribution in [3.8, 4) is 0 Å². The van der Waals surface area contributed by atoms with Gasteiger partial charge in [-0.1, -0.05) is 13.0 Å². The summed E-state index contributed by atoms with van der Waals surface area (Å²) in [5.74, 6) is -0.140. The average molecular weight is 275 g/mol. The lowest BCUT2D eigenvalue weighted by atomic mass is 10.0. The molecule has 2 amide bonds. The van der Waals surface area contributed by atoms with Crippen LogP contribution in [0.5, 0.6) is 0 Å². The second kappa shape index (κ2) is 5.61. The van der Waals surface area contributed by atoms with Gasteiger partial charge in [0.1, 0.15) is 5.54 Å². The van der Waals surface area contributed by atoms with Gasteiger partial charge in [-0.05, 0) is 31.9 Å². The summed E-state index contributed by atoms with van der Waals surface area (Å²) >= 11 is 0. The molecule has 1 N–H and O–H groups in total. The van der Waals surface area contributed by atoms with Crippen LogP contribution in [-0.4, -0.2) is 33.8 Å². The van der Waals surface area contributed by atoms with Crippen LogP contribution in [0.25, 0.3) is 0 Å². The molecular formula is C15H21N3O2. The normalized spacial score (nSPS) is 18.6. The largest absolute Gasteiger partial charge is 0.342 e. The van der Waals surface area contributed by atoms with E-state index in [1.54, 1.807) is 24.9 Å². The SMILES string of the molecule is CCc1cccnc1CN1CCC(=O)NC(C)(C)C1=O. The predicted octanol–water partition coefficient (Wildman–Crippen LogP) is 1.27. The fourth-order valence-electron chi connectivity index (χ4n) is 2.47. The molecule has 0 bridgehead atoms. The van der Waals surface area contributed by atoms with Crippen LogP contribution in [0.1, 0.15) is 38.4 Å². The van der Waals surface area contributed by atoms with Crippen molar-refractivity contribution >= 4 is 11.8 Å². The number of nitrogens with one attached hydrogen (secondary N) is 1. The van der Waals surface area contributed by atoms with Gasteiger partial charge >= 0.3 is 0 Å². The quantitative estimate of drug-likeness (QED) is 0.903. The lowest BCUT2D eigenvalue weighted by molar-refractivity contribution is -0.137. The van der Waals surface area contributed by atoms with E-state index in [2.05, 4.69) is 17.2 Å². The third-order valence-corrected chi connectivity index (χ3v) is 3.59. The second-order valence-corrected chi connectivity index (χ2v) is 5.61. The molecule has 1 fully saturated rings. The molecule has 20 heavy (non-hydrogen) atoms. The molecule has 5 heteroatoms. The van der Waals surface area contributed by atoms with E-state index >= 15 is 0 Å². The van der Waals surface area contributed by atoms with Crippen molar-refractivity contribution in [2.24, 2.45) is 0 Å². The van der Waals surface area contributed by atoms with Gasteiger partial charge in [-0.15, -0.1) is 0 Å². The molecule has 1 aromatic rings. The summed E-state index contributed by atoms with van der Waals surface area (Å²) in [5.41, 5.74) is 1.20. The maximum absolute atomic E-state index is 12.5. The van der Waals surface area contributed by atoms with Crippen LogP contribution in [0, 0.1) is 0 Å². The molecule has 5 nitrogen and oxygen atoms in total. The molecule has 1 aliphatic heterocycles. The molecule has 108 valence electrons. The Balaban J connectivity index is 2.23. The Hall–Kier alpha value is -1.91. The van der Waals surface area contributed by atoms with Crippen molar-refractivity contribution in [2.45, 2.75) is 45.7 Å². The number of aromatic nitrogens is 1. The van der Waals surface area contributed by atoms with E-state index in [0.717, 1.165) is 17.7 Å². The highest BCUT2D eigenvalue weighted by molar-refractivity contribution is 5.92. The van der Waals surface area contributed by atoms with Gasteiger partial charge in [0.25, 0.3) is 0 Å². The second-order valence-electron chi connectivity index (χ2n) is 5.61. The highest BCUT2D eigenvalue weighted by atomic mass is 16.2. The number of pyridine rings is 1. The molecule has 2 rings (SSSR count). The highest BCUT2D eigenvalue weighted by Gasteiger charge is 2.36. The number of amides is 2. The zero-order valence-electron chi connectivity index (χ0n) is 12.3. The zero-order valence-corrected chi connectivity index (χ0v) is 12.3.